The first kappa shape index (κ1) is 11.5. The third-order valence-electron chi connectivity index (χ3n) is 2.38. The highest BCUT2D eigenvalue weighted by Crippen LogP contribution is 2.20. The molecule has 0 bridgehead atoms. The molecule has 2 rings (SSSR count). The van der Waals surface area contributed by atoms with Crippen molar-refractivity contribution >= 4 is 22.6 Å². The number of pyridine rings is 1. The van der Waals surface area contributed by atoms with E-state index in [2.05, 4.69) is 32.7 Å². The van der Waals surface area contributed by atoms with Crippen LogP contribution in [-0.2, 0) is 0 Å². The Morgan fingerprint density at radius 3 is 2.75 bits per heavy atom. The van der Waals surface area contributed by atoms with Gasteiger partial charge in [-0.05, 0) is 41.1 Å². The molecule has 0 saturated heterocycles. The van der Waals surface area contributed by atoms with Crippen LogP contribution in [0.5, 0.6) is 0 Å². The highest BCUT2D eigenvalue weighted by atomic mass is 127. The Balaban J connectivity index is 2.39. The van der Waals surface area contributed by atoms with E-state index in [9.17, 15) is 0 Å². The van der Waals surface area contributed by atoms with Gasteiger partial charge in [-0.3, -0.25) is 9.67 Å². The summed E-state index contributed by atoms with van der Waals surface area (Å²) in [6.07, 6.45) is 7.41. The van der Waals surface area contributed by atoms with Gasteiger partial charge >= 0.3 is 0 Å². The Kier molecular flexibility index (Phi) is 3.55. The van der Waals surface area contributed by atoms with Gasteiger partial charge in [-0.2, -0.15) is 5.10 Å². The topological polar surface area (TPSA) is 56.7 Å². The number of aromatic nitrogens is 3. The molecule has 5 heteroatoms. The molecule has 2 aromatic rings. The van der Waals surface area contributed by atoms with Gasteiger partial charge in [0.1, 0.15) is 0 Å². The highest BCUT2D eigenvalue weighted by Gasteiger charge is 2.19. The van der Waals surface area contributed by atoms with Gasteiger partial charge in [-0.25, -0.2) is 0 Å². The molecule has 4 nitrogen and oxygen atoms in total. The summed E-state index contributed by atoms with van der Waals surface area (Å²) in [5.41, 5.74) is 7.10. The third kappa shape index (κ3) is 2.41. The van der Waals surface area contributed by atoms with E-state index in [1.807, 2.05) is 42.3 Å². The van der Waals surface area contributed by atoms with Gasteiger partial charge in [0.25, 0.3) is 0 Å². The van der Waals surface area contributed by atoms with Gasteiger partial charge in [-0.1, -0.05) is 6.07 Å². The molecule has 0 aromatic carbocycles. The summed E-state index contributed by atoms with van der Waals surface area (Å²) in [6.45, 7) is 1.98. The van der Waals surface area contributed by atoms with E-state index in [0.29, 0.717) is 0 Å². The summed E-state index contributed by atoms with van der Waals surface area (Å²) in [7, 11) is 0. The van der Waals surface area contributed by atoms with Gasteiger partial charge in [-0.15, -0.1) is 0 Å². The second-order valence-corrected chi connectivity index (χ2v) is 4.97. The second-order valence-electron chi connectivity index (χ2n) is 3.73. The zero-order chi connectivity index (χ0) is 11.5. The lowest BCUT2D eigenvalue weighted by molar-refractivity contribution is 0.452. The van der Waals surface area contributed by atoms with Crippen LogP contribution in [0.3, 0.4) is 0 Å². The summed E-state index contributed by atoms with van der Waals surface area (Å²) in [6, 6.07) is 3.96. The minimum Gasteiger partial charge on any atom is -0.326 e. The molecule has 16 heavy (non-hydrogen) atoms. The molecule has 0 aliphatic rings. The number of hydrogen-bond acceptors (Lipinski definition) is 3. The number of nitrogens with zero attached hydrogens (tertiary/aromatic N) is 3. The van der Waals surface area contributed by atoms with Crippen molar-refractivity contribution in [1.82, 2.24) is 14.8 Å². The molecule has 0 amide bonds. The SMILES string of the molecule is CC(N)C(c1cccnc1)n1cc(I)cn1. The molecule has 0 aliphatic carbocycles. The molecule has 0 fully saturated rings. The van der Waals surface area contributed by atoms with Crippen LogP contribution in [0.25, 0.3) is 0 Å². The molecule has 2 atom stereocenters. The largest absolute Gasteiger partial charge is 0.326 e. The summed E-state index contributed by atoms with van der Waals surface area (Å²) in [5, 5.41) is 4.32. The van der Waals surface area contributed by atoms with Crippen LogP contribution in [0.15, 0.2) is 36.9 Å². The maximum absolute atomic E-state index is 6.02. The van der Waals surface area contributed by atoms with Crippen molar-refractivity contribution in [2.24, 2.45) is 5.73 Å². The molecule has 2 unspecified atom stereocenters. The standard InChI is InChI=1S/C11H13IN4/c1-8(13)11(9-3-2-4-14-5-9)16-7-10(12)6-15-16/h2-8,11H,13H2,1H3. The van der Waals surface area contributed by atoms with Crippen LogP contribution in [0.1, 0.15) is 18.5 Å². The van der Waals surface area contributed by atoms with Crippen molar-refractivity contribution in [2.75, 3.05) is 0 Å². The molecule has 2 N–H and O–H groups in total. The van der Waals surface area contributed by atoms with Crippen LogP contribution < -0.4 is 5.73 Å². The van der Waals surface area contributed by atoms with Gasteiger partial charge in [0.05, 0.1) is 15.8 Å². The van der Waals surface area contributed by atoms with Crippen LogP contribution in [-0.4, -0.2) is 20.8 Å². The summed E-state index contributed by atoms with van der Waals surface area (Å²) < 4.78 is 3.00. The summed E-state index contributed by atoms with van der Waals surface area (Å²) >= 11 is 2.24. The summed E-state index contributed by atoms with van der Waals surface area (Å²) in [5.74, 6) is 0. The Morgan fingerprint density at radius 2 is 2.25 bits per heavy atom. The van der Waals surface area contributed by atoms with Gasteiger partial charge in [0, 0.05) is 24.6 Å². The van der Waals surface area contributed by atoms with E-state index in [-0.39, 0.29) is 12.1 Å². The second kappa shape index (κ2) is 4.92. The fourth-order valence-electron chi connectivity index (χ4n) is 1.72. The molecule has 0 spiro atoms. The minimum atomic E-state index is -0.0140. The summed E-state index contributed by atoms with van der Waals surface area (Å²) in [4.78, 5) is 4.12. The van der Waals surface area contributed by atoms with Gasteiger partial charge in [0.15, 0.2) is 0 Å². The molecule has 2 heterocycles. The number of rotatable bonds is 3. The molecule has 0 aliphatic heterocycles. The maximum Gasteiger partial charge on any atom is 0.0931 e. The normalized spacial score (nSPS) is 14.7. The Hall–Kier alpha value is -0.950. The fraction of sp³-hybridized carbons (Fsp3) is 0.273. The number of nitrogens with two attached hydrogens (primary N) is 1. The molecule has 0 saturated carbocycles. The van der Waals surface area contributed by atoms with Crippen molar-refractivity contribution in [3.05, 3.63) is 46.1 Å². The van der Waals surface area contributed by atoms with E-state index in [1.165, 1.54) is 0 Å². The Bertz CT molecular complexity index is 452. The lowest BCUT2D eigenvalue weighted by atomic mass is 10.0. The van der Waals surface area contributed by atoms with E-state index < -0.39 is 0 Å². The lowest BCUT2D eigenvalue weighted by Gasteiger charge is -2.21. The lowest BCUT2D eigenvalue weighted by Crippen LogP contribution is -2.30. The Morgan fingerprint density at radius 1 is 1.44 bits per heavy atom. The zero-order valence-corrected chi connectivity index (χ0v) is 11.1. The number of hydrogen-bond donors (Lipinski definition) is 1. The van der Waals surface area contributed by atoms with Crippen molar-refractivity contribution in [1.29, 1.82) is 0 Å². The van der Waals surface area contributed by atoms with Crippen LogP contribution in [0.4, 0.5) is 0 Å². The quantitative estimate of drug-likeness (QED) is 0.875. The van der Waals surface area contributed by atoms with E-state index in [1.54, 1.807) is 6.20 Å². The first-order valence-electron chi connectivity index (χ1n) is 5.03. The average molecular weight is 328 g/mol. The first-order valence-corrected chi connectivity index (χ1v) is 6.11. The van der Waals surface area contributed by atoms with E-state index in [0.717, 1.165) is 9.13 Å². The predicted molar refractivity (Wildman–Crippen MR) is 71.0 cm³/mol. The van der Waals surface area contributed by atoms with Gasteiger partial charge < -0.3 is 5.73 Å². The monoisotopic (exact) mass is 328 g/mol. The third-order valence-corrected chi connectivity index (χ3v) is 2.94. The Labute approximate surface area is 108 Å². The highest BCUT2D eigenvalue weighted by molar-refractivity contribution is 14.1. The van der Waals surface area contributed by atoms with Gasteiger partial charge in [0.2, 0.25) is 0 Å². The molecule has 0 radical (unpaired) electrons. The van der Waals surface area contributed by atoms with E-state index in [4.69, 9.17) is 5.73 Å². The smallest absolute Gasteiger partial charge is 0.0931 e. The molecular formula is C11H13IN4. The maximum atomic E-state index is 6.02. The van der Waals surface area contributed by atoms with Crippen molar-refractivity contribution in [3.8, 4) is 0 Å². The minimum absolute atomic E-state index is 0.0140. The molecule has 84 valence electrons. The zero-order valence-electron chi connectivity index (χ0n) is 8.92. The molecule has 2 aromatic heterocycles. The average Bonchev–Trinajstić information content (AvgIpc) is 2.66. The van der Waals surface area contributed by atoms with Crippen LogP contribution in [0.2, 0.25) is 0 Å². The first-order chi connectivity index (χ1) is 7.68. The van der Waals surface area contributed by atoms with E-state index >= 15 is 0 Å². The van der Waals surface area contributed by atoms with Crippen molar-refractivity contribution < 1.29 is 0 Å². The van der Waals surface area contributed by atoms with Crippen molar-refractivity contribution in [2.45, 2.75) is 19.0 Å². The van der Waals surface area contributed by atoms with Crippen molar-refractivity contribution in [3.63, 3.8) is 0 Å². The van der Waals surface area contributed by atoms with Crippen LogP contribution in [0, 0.1) is 3.57 Å². The predicted octanol–water partition coefficient (Wildman–Crippen LogP) is 1.82. The molecular weight excluding hydrogens is 315 g/mol. The number of halogens is 1. The van der Waals surface area contributed by atoms with Crippen LogP contribution >= 0.6 is 22.6 Å². The fourth-order valence-corrected chi connectivity index (χ4v) is 2.13.